The number of fused-ring (bicyclic) bond motifs is 1. The van der Waals surface area contributed by atoms with Crippen molar-refractivity contribution in [3.05, 3.63) is 120 Å². The lowest BCUT2D eigenvalue weighted by Gasteiger charge is -2.19. The van der Waals surface area contributed by atoms with Gasteiger partial charge in [-0.15, -0.1) is 0 Å². The second kappa shape index (κ2) is 9.06. The van der Waals surface area contributed by atoms with Gasteiger partial charge in [-0.2, -0.15) is 0 Å². The maximum atomic E-state index is 13.3. The van der Waals surface area contributed by atoms with Crippen LogP contribution >= 0.6 is 0 Å². The lowest BCUT2D eigenvalue weighted by atomic mass is 9.90. The number of nitrogens with zero attached hydrogens (tertiary/aromatic N) is 1. The van der Waals surface area contributed by atoms with Crippen LogP contribution in [-0.2, 0) is 11.2 Å². The van der Waals surface area contributed by atoms with Gasteiger partial charge < -0.3 is 10.1 Å². The topological polar surface area (TPSA) is 51.2 Å². The smallest absolute Gasteiger partial charge is 0.232 e. The zero-order chi connectivity index (χ0) is 21.8. The molecule has 0 aliphatic carbocycles. The lowest BCUT2D eigenvalue weighted by molar-refractivity contribution is -0.122. The van der Waals surface area contributed by atoms with Gasteiger partial charge in [-0.1, -0.05) is 78.9 Å². The molecule has 3 aromatic carbocycles. The van der Waals surface area contributed by atoms with E-state index >= 15 is 0 Å². The first-order valence-corrected chi connectivity index (χ1v) is 10.9. The van der Waals surface area contributed by atoms with Crippen molar-refractivity contribution < 1.29 is 9.53 Å². The fraction of sp³-hybridized carbons (Fsp3) is 0.143. The van der Waals surface area contributed by atoms with Crippen LogP contribution < -0.4 is 10.1 Å². The Labute approximate surface area is 187 Å². The van der Waals surface area contributed by atoms with Crippen LogP contribution in [0.2, 0.25) is 0 Å². The van der Waals surface area contributed by atoms with Crippen molar-refractivity contribution in [2.45, 2.75) is 18.4 Å². The Balaban J connectivity index is 1.31. The van der Waals surface area contributed by atoms with E-state index in [9.17, 15) is 4.79 Å². The number of rotatable bonds is 6. The summed E-state index contributed by atoms with van der Waals surface area (Å²) >= 11 is 0. The summed E-state index contributed by atoms with van der Waals surface area (Å²) in [7, 11) is 0. The molecule has 0 saturated heterocycles. The first-order valence-electron chi connectivity index (χ1n) is 10.9. The summed E-state index contributed by atoms with van der Waals surface area (Å²) in [5.41, 5.74) is 5.26. The van der Waals surface area contributed by atoms with Gasteiger partial charge in [-0.05, 0) is 34.4 Å². The van der Waals surface area contributed by atoms with Gasteiger partial charge in [0, 0.05) is 24.4 Å². The molecule has 2 heterocycles. The molecule has 158 valence electrons. The van der Waals surface area contributed by atoms with Gasteiger partial charge >= 0.3 is 0 Å². The number of ether oxygens (including phenoxy) is 1. The summed E-state index contributed by atoms with van der Waals surface area (Å²) in [6.07, 6.45) is 4.25. The van der Waals surface area contributed by atoms with Crippen molar-refractivity contribution in [1.29, 1.82) is 0 Å². The van der Waals surface area contributed by atoms with E-state index in [1.807, 2.05) is 72.8 Å². The number of hydrogen-bond acceptors (Lipinski definition) is 3. The predicted molar refractivity (Wildman–Crippen MR) is 126 cm³/mol. The molecule has 1 atom stereocenters. The highest BCUT2D eigenvalue weighted by molar-refractivity contribution is 5.87. The molecule has 4 nitrogen and oxygen atoms in total. The summed E-state index contributed by atoms with van der Waals surface area (Å²) < 4.78 is 6.30. The third-order valence-electron chi connectivity index (χ3n) is 5.85. The largest absolute Gasteiger partial charge is 0.487 e. The van der Waals surface area contributed by atoms with Crippen LogP contribution in [0, 0.1) is 0 Å². The molecule has 0 bridgehead atoms. The van der Waals surface area contributed by atoms with Gasteiger partial charge in [0.25, 0.3) is 0 Å². The standard InChI is InChI=1S/C28H24N2O2/c31-28(26(21-8-3-1-4-9-21)22-10-5-2-6-11-22)30-19-24-18-23-12-7-13-25(27(23)32-24)20-14-16-29-17-15-20/h1-17,24,26H,18-19H2,(H,30,31). The number of nitrogens with one attached hydrogen (secondary N) is 1. The minimum Gasteiger partial charge on any atom is -0.487 e. The van der Waals surface area contributed by atoms with Crippen LogP contribution in [-0.4, -0.2) is 23.5 Å². The molecule has 0 fully saturated rings. The van der Waals surface area contributed by atoms with E-state index in [0.717, 1.165) is 34.4 Å². The molecular weight excluding hydrogens is 396 g/mol. The van der Waals surface area contributed by atoms with E-state index in [1.165, 1.54) is 5.56 Å². The van der Waals surface area contributed by atoms with Crippen molar-refractivity contribution in [3.8, 4) is 16.9 Å². The van der Waals surface area contributed by atoms with Gasteiger partial charge in [-0.3, -0.25) is 9.78 Å². The Bertz CT molecular complexity index is 1150. The van der Waals surface area contributed by atoms with Gasteiger partial charge in [0.05, 0.1) is 12.5 Å². The minimum atomic E-state index is -0.353. The molecule has 0 saturated carbocycles. The van der Waals surface area contributed by atoms with Crippen molar-refractivity contribution in [2.24, 2.45) is 0 Å². The number of amides is 1. The highest BCUT2D eigenvalue weighted by Crippen LogP contribution is 2.38. The zero-order valence-corrected chi connectivity index (χ0v) is 17.6. The van der Waals surface area contributed by atoms with Crippen LogP contribution in [0.5, 0.6) is 5.75 Å². The van der Waals surface area contributed by atoms with Gasteiger partial charge in [0.15, 0.2) is 0 Å². The molecular formula is C28H24N2O2. The number of benzene rings is 3. The second-order valence-electron chi connectivity index (χ2n) is 7.97. The fourth-order valence-corrected chi connectivity index (χ4v) is 4.31. The van der Waals surface area contributed by atoms with E-state index in [0.29, 0.717) is 6.54 Å². The third kappa shape index (κ3) is 4.12. The highest BCUT2D eigenvalue weighted by Gasteiger charge is 2.28. The number of para-hydroxylation sites is 1. The first kappa shape index (κ1) is 20.0. The van der Waals surface area contributed by atoms with Gasteiger partial charge in [0.1, 0.15) is 11.9 Å². The molecule has 0 spiro atoms. The van der Waals surface area contributed by atoms with Crippen LogP contribution in [0.1, 0.15) is 22.6 Å². The monoisotopic (exact) mass is 420 g/mol. The number of pyridine rings is 1. The molecule has 4 heteroatoms. The van der Waals surface area contributed by atoms with Crippen molar-refractivity contribution in [3.63, 3.8) is 0 Å². The first-order chi connectivity index (χ1) is 15.8. The predicted octanol–water partition coefficient (Wildman–Crippen LogP) is 5.00. The Hall–Kier alpha value is -3.92. The van der Waals surface area contributed by atoms with E-state index in [1.54, 1.807) is 12.4 Å². The molecule has 1 unspecified atom stereocenters. The molecule has 1 aliphatic rings. The highest BCUT2D eigenvalue weighted by atomic mass is 16.5. The van der Waals surface area contributed by atoms with Crippen LogP contribution in [0.3, 0.4) is 0 Å². The number of aromatic nitrogens is 1. The van der Waals surface area contributed by atoms with E-state index in [4.69, 9.17) is 4.74 Å². The summed E-state index contributed by atoms with van der Waals surface area (Å²) in [5, 5.41) is 3.14. The average Bonchev–Trinajstić information content (AvgIpc) is 3.28. The molecule has 1 aliphatic heterocycles. The number of carbonyl (C=O) groups is 1. The normalized spacial score (nSPS) is 14.6. The van der Waals surface area contributed by atoms with Crippen molar-refractivity contribution in [1.82, 2.24) is 10.3 Å². The lowest BCUT2D eigenvalue weighted by Crippen LogP contribution is -2.37. The van der Waals surface area contributed by atoms with Gasteiger partial charge in [0.2, 0.25) is 5.91 Å². The van der Waals surface area contributed by atoms with Crippen molar-refractivity contribution in [2.75, 3.05) is 6.54 Å². The summed E-state index contributed by atoms with van der Waals surface area (Å²) in [4.78, 5) is 17.4. The SMILES string of the molecule is O=C(NCC1Cc2cccc(-c3ccncc3)c2O1)C(c1ccccc1)c1ccccc1. The Kier molecular flexibility index (Phi) is 5.67. The summed E-state index contributed by atoms with van der Waals surface area (Å²) in [6, 6.07) is 30.0. The molecule has 1 N–H and O–H groups in total. The molecule has 1 aromatic heterocycles. The third-order valence-corrected chi connectivity index (χ3v) is 5.85. The maximum Gasteiger partial charge on any atom is 0.232 e. The van der Waals surface area contributed by atoms with Crippen LogP contribution in [0.15, 0.2) is 103 Å². The Morgan fingerprint density at radius 1 is 0.875 bits per heavy atom. The van der Waals surface area contributed by atoms with Crippen LogP contribution in [0.4, 0.5) is 0 Å². The molecule has 32 heavy (non-hydrogen) atoms. The maximum absolute atomic E-state index is 13.3. The number of carbonyl (C=O) groups excluding carboxylic acids is 1. The van der Waals surface area contributed by atoms with Crippen LogP contribution in [0.25, 0.3) is 11.1 Å². The summed E-state index contributed by atoms with van der Waals surface area (Å²) in [5.74, 6) is 0.533. The molecule has 0 radical (unpaired) electrons. The quantitative estimate of drug-likeness (QED) is 0.478. The fourth-order valence-electron chi connectivity index (χ4n) is 4.31. The molecule has 5 rings (SSSR count). The Morgan fingerprint density at radius 2 is 1.53 bits per heavy atom. The molecule has 4 aromatic rings. The van der Waals surface area contributed by atoms with E-state index in [2.05, 4.69) is 28.5 Å². The van der Waals surface area contributed by atoms with E-state index in [-0.39, 0.29) is 17.9 Å². The van der Waals surface area contributed by atoms with Crippen molar-refractivity contribution >= 4 is 5.91 Å². The zero-order valence-electron chi connectivity index (χ0n) is 17.6. The summed E-state index contributed by atoms with van der Waals surface area (Å²) in [6.45, 7) is 0.458. The second-order valence-corrected chi connectivity index (χ2v) is 7.97. The van der Waals surface area contributed by atoms with Gasteiger partial charge in [-0.25, -0.2) is 0 Å². The molecule has 1 amide bonds. The average molecular weight is 421 g/mol. The minimum absolute atomic E-state index is 0.0173. The van der Waals surface area contributed by atoms with E-state index < -0.39 is 0 Å². The Morgan fingerprint density at radius 3 is 2.19 bits per heavy atom. The number of hydrogen-bond donors (Lipinski definition) is 1.